The number of benzene rings is 2. The summed E-state index contributed by atoms with van der Waals surface area (Å²) in [6, 6.07) is 15.1. The summed E-state index contributed by atoms with van der Waals surface area (Å²) in [5.74, 6) is -0.265. The van der Waals surface area contributed by atoms with Gasteiger partial charge in [0.1, 0.15) is 0 Å². The molecule has 1 aliphatic rings. The van der Waals surface area contributed by atoms with E-state index in [0.29, 0.717) is 29.1 Å². The molecule has 27 heavy (non-hydrogen) atoms. The van der Waals surface area contributed by atoms with Gasteiger partial charge in [0.2, 0.25) is 5.91 Å². The Hall–Kier alpha value is -2.53. The normalized spacial score (nSPS) is 17.4. The van der Waals surface area contributed by atoms with Crippen LogP contribution < -0.4 is 5.76 Å². The molecular formula is C21H21ClN2O3. The molecule has 6 heteroatoms. The van der Waals surface area contributed by atoms with Crippen LogP contribution in [0.1, 0.15) is 30.9 Å². The molecule has 1 atom stereocenters. The van der Waals surface area contributed by atoms with Gasteiger partial charge in [-0.05, 0) is 43.0 Å². The Morgan fingerprint density at radius 3 is 2.81 bits per heavy atom. The van der Waals surface area contributed by atoms with Crippen LogP contribution >= 0.6 is 11.6 Å². The summed E-state index contributed by atoms with van der Waals surface area (Å²) >= 11 is 6.10. The van der Waals surface area contributed by atoms with Gasteiger partial charge in [-0.3, -0.25) is 9.36 Å². The summed E-state index contributed by atoms with van der Waals surface area (Å²) in [6.45, 7) is 1.25. The number of carbonyl (C=O) groups excluding carboxylic acids is 1. The Bertz CT molecular complexity index is 1010. The van der Waals surface area contributed by atoms with Crippen molar-refractivity contribution in [3.8, 4) is 0 Å². The monoisotopic (exact) mass is 384 g/mol. The number of hydrogen-bond donors (Lipinski definition) is 0. The molecule has 0 bridgehead atoms. The molecule has 0 unspecified atom stereocenters. The van der Waals surface area contributed by atoms with Gasteiger partial charge in [-0.2, -0.15) is 0 Å². The van der Waals surface area contributed by atoms with Crippen molar-refractivity contribution in [1.82, 2.24) is 9.47 Å². The van der Waals surface area contributed by atoms with Gasteiger partial charge in [0.25, 0.3) is 0 Å². The molecule has 1 aliphatic heterocycles. The Morgan fingerprint density at radius 2 is 2.00 bits per heavy atom. The summed E-state index contributed by atoms with van der Waals surface area (Å²) in [6.07, 6.45) is 2.90. The van der Waals surface area contributed by atoms with Gasteiger partial charge in [-0.1, -0.05) is 41.9 Å². The van der Waals surface area contributed by atoms with Crippen LogP contribution in [0.3, 0.4) is 0 Å². The van der Waals surface area contributed by atoms with E-state index in [1.165, 1.54) is 0 Å². The van der Waals surface area contributed by atoms with Gasteiger partial charge in [0.15, 0.2) is 5.58 Å². The standard InChI is InChI=1S/C21H21ClN2O3/c22-16-9-10-19-18(13-16)24(21(26)27-19)17-7-4-12-23(14-17)20(25)11-8-15-5-2-1-3-6-15/h1-3,5-6,9-10,13,17H,4,7-8,11-12,14H2/t17-/m0/s1. The molecule has 0 saturated carbocycles. The van der Waals surface area contributed by atoms with E-state index >= 15 is 0 Å². The number of nitrogens with zero attached hydrogens (tertiary/aromatic N) is 2. The van der Waals surface area contributed by atoms with Crippen molar-refractivity contribution in [2.24, 2.45) is 0 Å². The number of aryl methyl sites for hydroxylation is 1. The largest absolute Gasteiger partial charge is 0.420 e. The number of likely N-dealkylation sites (tertiary alicyclic amines) is 1. The topological polar surface area (TPSA) is 55.5 Å². The van der Waals surface area contributed by atoms with E-state index in [2.05, 4.69) is 0 Å². The summed E-state index contributed by atoms with van der Waals surface area (Å²) < 4.78 is 7.00. The second-order valence-corrected chi connectivity index (χ2v) is 7.41. The third-order valence-corrected chi connectivity index (χ3v) is 5.39. The number of carbonyl (C=O) groups is 1. The van der Waals surface area contributed by atoms with Crippen LogP contribution in [0.5, 0.6) is 0 Å². The highest BCUT2D eigenvalue weighted by molar-refractivity contribution is 6.31. The summed E-state index contributed by atoms with van der Waals surface area (Å²) in [7, 11) is 0. The van der Waals surface area contributed by atoms with E-state index in [4.69, 9.17) is 16.0 Å². The Kier molecular flexibility index (Phi) is 5.03. The van der Waals surface area contributed by atoms with Crippen molar-refractivity contribution >= 4 is 28.6 Å². The van der Waals surface area contributed by atoms with Crippen LogP contribution in [-0.4, -0.2) is 28.5 Å². The highest BCUT2D eigenvalue weighted by Gasteiger charge is 2.27. The van der Waals surface area contributed by atoms with Gasteiger partial charge < -0.3 is 9.32 Å². The predicted octanol–water partition coefficient (Wildman–Crippen LogP) is 4.04. The molecule has 2 aromatic carbocycles. The molecule has 3 aromatic rings. The maximum atomic E-state index is 12.7. The molecule has 1 aromatic heterocycles. The predicted molar refractivity (Wildman–Crippen MR) is 105 cm³/mol. The first kappa shape index (κ1) is 17.9. The fourth-order valence-corrected chi connectivity index (χ4v) is 3.96. The lowest BCUT2D eigenvalue weighted by molar-refractivity contribution is -0.132. The van der Waals surface area contributed by atoms with Crippen LogP contribution in [0.25, 0.3) is 11.1 Å². The molecule has 1 amide bonds. The van der Waals surface area contributed by atoms with Crippen LogP contribution in [0.4, 0.5) is 0 Å². The molecule has 0 spiro atoms. The van der Waals surface area contributed by atoms with Gasteiger partial charge in [0.05, 0.1) is 11.6 Å². The molecule has 0 N–H and O–H groups in total. The summed E-state index contributed by atoms with van der Waals surface area (Å²) in [4.78, 5) is 26.9. The first-order valence-electron chi connectivity index (χ1n) is 9.24. The molecule has 0 radical (unpaired) electrons. The average molecular weight is 385 g/mol. The lowest BCUT2D eigenvalue weighted by Crippen LogP contribution is -2.42. The van der Waals surface area contributed by atoms with Crippen LogP contribution in [0.2, 0.25) is 5.02 Å². The minimum atomic E-state index is -0.393. The van der Waals surface area contributed by atoms with Crippen molar-refractivity contribution in [1.29, 1.82) is 0 Å². The molecule has 2 heterocycles. The molecule has 1 fully saturated rings. The fourth-order valence-electron chi connectivity index (χ4n) is 3.80. The van der Waals surface area contributed by atoms with E-state index in [1.54, 1.807) is 22.8 Å². The Morgan fingerprint density at radius 1 is 1.19 bits per heavy atom. The number of amides is 1. The molecule has 5 nitrogen and oxygen atoms in total. The number of piperidine rings is 1. The van der Waals surface area contributed by atoms with Gasteiger partial charge in [0, 0.05) is 24.5 Å². The van der Waals surface area contributed by atoms with Crippen molar-refractivity contribution in [2.45, 2.75) is 31.7 Å². The van der Waals surface area contributed by atoms with Crippen LogP contribution in [-0.2, 0) is 11.2 Å². The maximum Gasteiger partial charge on any atom is 0.420 e. The van der Waals surface area contributed by atoms with Gasteiger partial charge >= 0.3 is 5.76 Å². The third kappa shape index (κ3) is 3.78. The molecule has 140 valence electrons. The Balaban J connectivity index is 1.50. The highest BCUT2D eigenvalue weighted by atomic mass is 35.5. The van der Waals surface area contributed by atoms with Crippen molar-refractivity contribution in [3.05, 3.63) is 69.7 Å². The smallest absolute Gasteiger partial charge is 0.408 e. The van der Waals surface area contributed by atoms with Crippen molar-refractivity contribution < 1.29 is 9.21 Å². The average Bonchev–Trinajstić information content (AvgIpc) is 3.02. The number of fused-ring (bicyclic) bond motifs is 1. The number of halogens is 1. The Labute approximate surface area is 162 Å². The van der Waals surface area contributed by atoms with Gasteiger partial charge in [-0.25, -0.2) is 4.79 Å². The maximum absolute atomic E-state index is 12.7. The van der Waals surface area contributed by atoms with E-state index in [9.17, 15) is 9.59 Å². The lowest BCUT2D eigenvalue weighted by Gasteiger charge is -2.33. The van der Waals surface area contributed by atoms with Crippen LogP contribution in [0, 0.1) is 0 Å². The van der Waals surface area contributed by atoms with Crippen molar-refractivity contribution in [3.63, 3.8) is 0 Å². The molecular weight excluding hydrogens is 364 g/mol. The SMILES string of the molecule is O=C(CCc1ccccc1)N1CCC[C@H](n2c(=O)oc3ccc(Cl)cc32)C1. The van der Waals surface area contributed by atoms with E-state index < -0.39 is 5.76 Å². The van der Waals surface area contributed by atoms with E-state index in [1.807, 2.05) is 35.2 Å². The van der Waals surface area contributed by atoms with Crippen LogP contribution in [0.15, 0.2) is 57.7 Å². The first-order valence-corrected chi connectivity index (χ1v) is 9.62. The third-order valence-electron chi connectivity index (χ3n) is 5.16. The highest BCUT2D eigenvalue weighted by Crippen LogP contribution is 2.27. The molecule has 1 saturated heterocycles. The first-order chi connectivity index (χ1) is 13.1. The fraction of sp³-hybridized carbons (Fsp3) is 0.333. The zero-order valence-corrected chi connectivity index (χ0v) is 15.7. The number of hydrogen-bond acceptors (Lipinski definition) is 3. The quantitative estimate of drug-likeness (QED) is 0.682. The van der Waals surface area contributed by atoms with Crippen molar-refractivity contribution in [2.75, 3.05) is 13.1 Å². The van der Waals surface area contributed by atoms with E-state index in [-0.39, 0.29) is 11.9 Å². The van der Waals surface area contributed by atoms with Gasteiger partial charge in [-0.15, -0.1) is 0 Å². The minimum absolute atomic E-state index is 0.0911. The minimum Gasteiger partial charge on any atom is -0.408 e. The second kappa shape index (κ2) is 7.61. The number of rotatable bonds is 4. The lowest BCUT2D eigenvalue weighted by atomic mass is 10.0. The second-order valence-electron chi connectivity index (χ2n) is 6.97. The summed E-state index contributed by atoms with van der Waals surface area (Å²) in [5, 5.41) is 0.559. The molecule has 4 rings (SSSR count). The number of aromatic nitrogens is 1. The molecule has 0 aliphatic carbocycles. The zero-order valence-electron chi connectivity index (χ0n) is 14.9. The number of oxazole rings is 1. The summed E-state index contributed by atoms with van der Waals surface area (Å²) in [5.41, 5.74) is 2.37. The zero-order chi connectivity index (χ0) is 18.8. The van der Waals surface area contributed by atoms with E-state index in [0.717, 1.165) is 31.4 Å².